The summed E-state index contributed by atoms with van der Waals surface area (Å²) in [6, 6.07) is 7.79. The van der Waals surface area contributed by atoms with Crippen LogP contribution in [0.2, 0.25) is 0 Å². The fraction of sp³-hybridized carbons (Fsp3) is 0.600. The number of nitrogens with one attached hydrogen (secondary N) is 1. The Morgan fingerprint density at radius 1 is 1.15 bits per heavy atom. The summed E-state index contributed by atoms with van der Waals surface area (Å²) in [6.45, 7) is 7.17. The zero-order valence-electron chi connectivity index (χ0n) is 12.9. The van der Waals surface area contributed by atoms with Crippen LogP contribution in [-0.2, 0) is 22.3 Å². The van der Waals surface area contributed by atoms with Gasteiger partial charge in [0.05, 0.1) is 5.75 Å². The molecule has 5 heteroatoms. The normalized spacial score (nSPS) is 13.7. The number of rotatable bonds is 8. The summed E-state index contributed by atoms with van der Waals surface area (Å²) >= 11 is 0. The maximum Gasteiger partial charge on any atom is 0.218 e. The summed E-state index contributed by atoms with van der Waals surface area (Å²) in [5, 5.41) is 3.08. The van der Waals surface area contributed by atoms with Crippen molar-refractivity contribution in [2.75, 3.05) is 13.6 Å². The Morgan fingerprint density at radius 2 is 1.70 bits per heavy atom. The summed E-state index contributed by atoms with van der Waals surface area (Å²) in [5.74, 6) is 0.0744. The van der Waals surface area contributed by atoms with Gasteiger partial charge >= 0.3 is 0 Å². The van der Waals surface area contributed by atoms with Gasteiger partial charge in [-0.3, -0.25) is 0 Å². The van der Waals surface area contributed by atoms with Crippen molar-refractivity contribution in [3.63, 3.8) is 0 Å². The van der Waals surface area contributed by atoms with E-state index in [9.17, 15) is 8.42 Å². The molecule has 1 atom stereocenters. The maximum absolute atomic E-state index is 12.5. The number of sulfonamides is 1. The highest BCUT2D eigenvalue weighted by atomic mass is 32.2. The Morgan fingerprint density at radius 3 is 2.15 bits per heavy atom. The van der Waals surface area contributed by atoms with E-state index < -0.39 is 10.0 Å². The fourth-order valence-corrected chi connectivity index (χ4v) is 4.11. The van der Waals surface area contributed by atoms with Crippen LogP contribution < -0.4 is 5.32 Å². The van der Waals surface area contributed by atoms with Gasteiger partial charge in [0, 0.05) is 19.1 Å². The first kappa shape index (κ1) is 17.1. The van der Waals surface area contributed by atoms with Crippen LogP contribution >= 0.6 is 0 Å². The summed E-state index contributed by atoms with van der Waals surface area (Å²) in [6.07, 6.45) is 0.828. The minimum absolute atomic E-state index is 0.0496. The second-order valence-electron chi connectivity index (χ2n) is 5.06. The van der Waals surface area contributed by atoms with Gasteiger partial charge in [-0.1, -0.05) is 38.1 Å². The lowest BCUT2D eigenvalue weighted by molar-refractivity contribution is 0.342. The van der Waals surface area contributed by atoms with E-state index in [4.69, 9.17) is 0 Å². The molecule has 20 heavy (non-hydrogen) atoms. The highest BCUT2D eigenvalue weighted by Crippen LogP contribution is 2.16. The van der Waals surface area contributed by atoms with Crippen molar-refractivity contribution in [3.05, 3.63) is 35.4 Å². The van der Waals surface area contributed by atoms with Crippen molar-refractivity contribution < 1.29 is 8.42 Å². The second kappa shape index (κ2) is 7.76. The molecule has 1 aromatic rings. The standard InChI is InChI=1S/C15H26N2O2S/c1-5-13(3)17(6-2)20(18,19)12-15-9-7-14(8-10-15)11-16-4/h7-10,13,16H,5-6,11-12H2,1-4H3. The largest absolute Gasteiger partial charge is 0.316 e. The lowest BCUT2D eigenvalue weighted by Crippen LogP contribution is -2.38. The topological polar surface area (TPSA) is 49.4 Å². The number of hydrogen-bond donors (Lipinski definition) is 1. The summed E-state index contributed by atoms with van der Waals surface area (Å²) < 4.78 is 26.5. The molecule has 1 N–H and O–H groups in total. The van der Waals surface area contributed by atoms with Crippen molar-refractivity contribution >= 4 is 10.0 Å². The van der Waals surface area contributed by atoms with Gasteiger partial charge in [-0.15, -0.1) is 0 Å². The molecule has 0 radical (unpaired) electrons. The Kier molecular flexibility index (Phi) is 6.65. The second-order valence-corrected chi connectivity index (χ2v) is 6.99. The van der Waals surface area contributed by atoms with Gasteiger partial charge in [0.25, 0.3) is 0 Å². The highest BCUT2D eigenvalue weighted by Gasteiger charge is 2.24. The van der Waals surface area contributed by atoms with Crippen molar-refractivity contribution in [2.45, 2.75) is 45.5 Å². The molecule has 0 aliphatic rings. The molecular weight excluding hydrogens is 272 g/mol. The molecule has 0 amide bonds. The number of benzene rings is 1. The van der Waals surface area contributed by atoms with Crippen LogP contribution in [0.5, 0.6) is 0 Å². The minimum Gasteiger partial charge on any atom is -0.316 e. The van der Waals surface area contributed by atoms with E-state index in [1.807, 2.05) is 52.1 Å². The summed E-state index contributed by atoms with van der Waals surface area (Å²) in [7, 11) is -1.35. The van der Waals surface area contributed by atoms with Crippen LogP contribution in [0.15, 0.2) is 24.3 Å². The Balaban J connectivity index is 2.84. The van der Waals surface area contributed by atoms with Crippen molar-refractivity contribution in [2.24, 2.45) is 0 Å². The molecular formula is C15H26N2O2S. The average molecular weight is 298 g/mol. The lowest BCUT2D eigenvalue weighted by Gasteiger charge is -2.26. The molecule has 0 saturated carbocycles. The van der Waals surface area contributed by atoms with Gasteiger partial charge in [0.2, 0.25) is 10.0 Å². The van der Waals surface area contributed by atoms with Crippen LogP contribution in [0.4, 0.5) is 0 Å². The highest BCUT2D eigenvalue weighted by molar-refractivity contribution is 7.88. The SMILES string of the molecule is CCC(C)N(CC)S(=O)(=O)Cc1ccc(CNC)cc1. The number of nitrogens with zero attached hydrogens (tertiary/aromatic N) is 1. The predicted molar refractivity (Wildman–Crippen MR) is 84.0 cm³/mol. The molecule has 0 heterocycles. The van der Waals surface area contributed by atoms with E-state index in [1.54, 1.807) is 4.31 Å². The van der Waals surface area contributed by atoms with E-state index in [2.05, 4.69) is 5.32 Å². The Labute approximate surface area is 123 Å². The van der Waals surface area contributed by atoms with Gasteiger partial charge in [-0.2, -0.15) is 4.31 Å². The van der Waals surface area contributed by atoms with Crippen LogP contribution in [0.3, 0.4) is 0 Å². The van der Waals surface area contributed by atoms with Gasteiger partial charge < -0.3 is 5.32 Å². The van der Waals surface area contributed by atoms with Gasteiger partial charge in [-0.25, -0.2) is 8.42 Å². The van der Waals surface area contributed by atoms with E-state index in [0.717, 1.165) is 24.1 Å². The van der Waals surface area contributed by atoms with Gasteiger partial charge in [-0.05, 0) is 31.5 Å². The van der Waals surface area contributed by atoms with Crippen molar-refractivity contribution in [1.82, 2.24) is 9.62 Å². The first-order valence-electron chi connectivity index (χ1n) is 7.16. The summed E-state index contributed by atoms with van der Waals surface area (Å²) in [5.41, 5.74) is 1.99. The molecule has 0 bridgehead atoms. The van der Waals surface area contributed by atoms with E-state index >= 15 is 0 Å². The van der Waals surface area contributed by atoms with Crippen molar-refractivity contribution in [1.29, 1.82) is 0 Å². The molecule has 114 valence electrons. The lowest BCUT2D eigenvalue weighted by atomic mass is 10.1. The molecule has 1 aromatic carbocycles. The zero-order valence-corrected chi connectivity index (χ0v) is 13.7. The van der Waals surface area contributed by atoms with Crippen LogP contribution in [-0.4, -0.2) is 32.4 Å². The van der Waals surface area contributed by atoms with Gasteiger partial charge in [0.1, 0.15) is 0 Å². The monoisotopic (exact) mass is 298 g/mol. The molecule has 1 rings (SSSR count). The quantitative estimate of drug-likeness (QED) is 0.801. The van der Waals surface area contributed by atoms with E-state index in [-0.39, 0.29) is 11.8 Å². The Hall–Kier alpha value is -0.910. The van der Waals surface area contributed by atoms with Gasteiger partial charge in [0.15, 0.2) is 0 Å². The molecule has 1 unspecified atom stereocenters. The van der Waals surface area contributed by atoms with Crippen LogP contribution in [0.1, 0.15) is 38.3 Å². The number of hydrogen-bond acceptors (Lipinski definition) is 3. The predicted octanol–water partition coefficient (Wildman–Crippen LogP) is 2.36. The first-order valence-corrected chi connectivity index (χ1v) is 8.77. The smallest absolute Gasteiger partial charge is 0.218 e. The van der Waals surface area contributed by atoms with Crippen LogP contribution in [0, 0.1) is 0 Å². The zero-order chi connectivity index (χ0) is 15.2. The molecule has 0 fully saturated rings. The van der Waals surface area contributed by atoms with E-state index in [0.29, 0.717) is 6.54 Å². The average Bonchev–Trinajstić information content (AvgIpc) is 2.41. The molecule has 0 aromatic heterocycles. The molecule has 0 aliphatic carbocycles. The first-order chi connectivity index (χ1) is 9.44. The maximum atomic E-state index is 12.5. The molecule has 0 spiro atoms. The Bertz CT molecular complexity index is 497. The molecule has 4 nitrogen and oxygen atoms in total. The molecule has 0 aliphatic heterocycles. The third kappa shape index (κ3) is 4.58. The van der Waals surface area contributed by atoms with Crippen molar-refractivity contribution in [3.8, 4) is 0 Å². The third-order valence-electron chi connectivity index (χ3n) is 3.50. The fourth-order valence-electron chi connectivity index (χ4n) is 2.24. The van der Waals surface area contributed by atoms with E-state index in [1.165, 1.54) is 0 Å². The minimum atomic E-state index is -3.24. The van der Waals surface area contributed by atoms with Crippen LogP contribution in [0.25, 0.3) is 0 Å². The third-order valence-corrected chi connectivity index (χ3v) is 5.54. The summed E-state index contributed by atoms with van der Waals surface area (Å²) in [4.78, 5) is 0. The molecule has 0 saturated heterocycles.